The number of hydrogen-bond donors (Lipinski definition) is 2. The first-order chi connectivity index (χ1) is 9.65. The van der Waals surface area contributed by atoms with Crippen LogP contribution in [0, 0.1) is 11.8 Å². The van der Waals surface area contributed by atoms with Gasteiger partial charge in [0.1, 0.15) is 12.3 Å². The van der Waals surface area contributed by atoms with Crippen LogP contribution in [0.4, 0.5) is 0 Å². The zero-order chi connectivity index (χ0) is 14.1. The molecule has 7 heteroatoms. The maximum absolute atomic E-state index is 12.3. The SMILES string of the molecule is CC(NC(=O)c1ccoc1)C(=O)N1C[C@H]2CNC[C@H]2C1.Cl. The van der Waals surface area contributed by atoms with E-state index in [0.717, 1.165) is 26.2 Å². The average molecular weight is 314 g/mol. The minimum Gasteiger partial charge on any atom is -0.472 e. The van der Waals surface area contributed by atoms with Gasteiger partial charge in [-0.3, -0.25) is 9.59 Å². The number of rotatable bonds is 3. The topological polar surface area (TPSA) is 74.6 Å². The fraction of sp³-hybridized carbons (Fsp3) is 0.571. The molecule has 2 fully saturated rings. The monoisotopic (exact) mass is 313 g/mol. The summed E-state index contributed by atoms with van der Waals surface area (Å²) in [4.78, 5) is 26.1. The summed E-state index contributed by atoms with van der Waals surface area (Å²) in [5.74, 6) is 0.850. The van der Waals surface area contributed by atoms with Crippen molar-refractivity contribution < 1.29 is 14.0 Å². The Hall–Kier alpha value is -1.53. The van der Waals surface area contributed by atoms with Crippen LogP contribution >= 0.6 is 12.4 Å². The number of likely N-dealkylation sites (tertiary alicyclic amines) is 1. The predicted octanol–water partition coefficient (Wildman–Crippen LogP) is 0.498. The minimum absolute atomic E-state index is 0. The van der Waals surface area contributed by atoms with Crippen molar-refractivity contribution in [1.82, 2.24) is 15.5 Å². The van der Waals surface area contributed by atoms with Gasteiger partial charge in [-0.15, -0.1) is 12.4 Å². The van der Waals surface area contributed by atoms with E-state index in [0.29, 0.717) is 17.4 Å². The lowest BCUT2D eigenvalue weighted by Gasteiger charge is -2.22. The number of hydrogen-bond acceptors (Lipinski definition) is 4. The van der Waals surface area contributed by atoms with E-state index in [1.807, 2.05) is 4.90 Å². The van der Waals surface area contributed by atoms with Crippen LogP contribution in [-0.2, 0) is 4.79 Å². The summed E-state index contributed by atoms with van der Waals surface area (Å²) in [6.45, 7) is 5.30. The van der Waals surface area contributed by atoms with E-state index < -0.39 is 6.04 Å². The second kappa shape index (κ2) is 6.49. The van der Waals surface area contributed by atoms with E-state index in [-0.39, 0.29) is 24.2 Å². The quantitative estimate of drug-likeness (QED) is 0.852. The Labute approximate surface area is 129 Å². The molecule has 21 heavy (non-hydrogen) atoms. The van der Waals surface area contributed by atoms with Crippen molar-refractivity contribution in [2.75, 3.05) is 26.2 Å². The molecule has 0 aromatic carbocycles. The Morgan fingerprint density at radius 3 is 2.62 bits per heavy atom. The van der Waals surface area contributed by atoms with Crippen LogP contribution < -0.4 is 10.6 Å². The van der Waals surface area contributed by atoms with Crippen molar-refractivity contribution in [1.29, 1.82) is 0 Å². The van der Waals surface area contributed by atoms with Gasteiger partial charge in [0.15, 0.2) is 0 Å². The fourth-order valence-corrected chi connectivity index (χ4v) is 3.04. The summed E-state index contributed by atoms with van der Waals surface area (Å²) in [6, 6.07) is 1.07. The molecule has 0 saturated carbocycles. The summed E-state index contributed by atoms with van der Waals surface area (Å²) < 4.78 is 4.86. The molecule has 2 aliphatic rings. The molecule has 2 amide bonds. The van der Waals surface area contributed by atoms with Crippen molar-refractivity contribution >= 4 is 24.2 Å². The number of nitrogens with one attached hydrogen (secondary N) is 2. The van der Waals surface area contributed by atoms with Crippen LogP contribution in [0.25, 0.3) is 0 Å². The molecule has 1 aromatic rings. The zero-order valence-electron chi connectivity index (χ0n) is 11.9. The van der Waals surface area contributed by atoms with Gasteiger partial charge in [0.2, 0.25) is 5.91 Å². The molecule has 2 saturated heterocycles. The average Bonchev–Trinajstić information content (AvgIpc) is 3.13. The molecule has 0 spiro atoms. The van der Waals surface area contributed by atoms with Crippen molar-refractivity contribution in [2.45, 2.75) is 13.0 Å². The van der Waals surface area contributed by atoms with E-state index >= 15 is 0 Å². The van der Waals surface area contributed by atoms with Crippen LogP contribution in [-0.4, -0.2) is 48.9 Å². The smallest absolute Gasteiger partial charge is 0.255 e. The third-order valence-electron chi connectivity index (χ3n) is 4.20. The van der Waals surface area contributed by atoms with Crippen molar-refractivity contribution in [2.24, 2.45) is 11.8 Å². The number of halogens is 1. The van der Waals surface area contributed by atoms with E-state index in [2.05, 4.69) is 10.6 Å². The number of furan rings is 1. The van der Waals surface area contributed by atoms with Gasteiger partial charge in [-0.05, 0) is 24.8 Å². The van der Waals surface area contributed by atoms with E-state index in [4.69, 9.17) is 4.42 Å². The maximum atomic E-state index is 12.3. The highest BCUT2D eigenvalue weighted by atomic mass is 35.5. The van der Waals surface area contributed by atoms with Crippen LogP contribution in [0.2, 0.25) is 0 Å². The third-order valence-corrected chi connectivity index (χ3v) is 4.20. The van der Waals surface area contributed by atoms with E-state index in [1.54, 1.807) is 13.0 Å². The lowest BCUT2D eigenvalue weighted by molar-refractivity contribution is -0.132. The molecule has 1 unspecified atom stereocenters. The fourth-order valence-electron chi connectivity index (χ4n) is 3.04. The lowest BCUT2D eigenvalue weighted by Crippen LogP contribution is -2.46. The molecular weight excluding hydrogens is 294 g/mol. The molecule has 1 aromatic heterocycles. The summed E-state index contributed by atoms with van der Waals surface area (Å²) in [5.41, 5.74) is 0.437. The number of carbonyl (C=O) groups is 2. The standard InChI is InChI=1S/C14H19N3O3.ClH/c1-9(16-13(18)10-2-3-20-8-10)14(19)17-6-11-4-15-5-12(11)7-17;/h2-3,8-9,11-12,15H,4-7H2,1H3,(H,16,18);1H/t9?,11-,12+;. The molecule has 6 nitrogen and oxygen atoms in total. The van der Waals surface area contributed by atoms with Crippen molar-refractivity contribution in [3.8, 4) is 0 Å². The normalized spacial score (nSPS) is 25.1. The van der Waals surface area contributed by atoms with E-state index in [1.165, 1.54) is 12.5 Å². The second-order valence-electron chi connectivity index (χ2n) is 5.63. The third kappa shape index (κ3) is 3.22. The molecule has 3 heterocycles. The summed E-state index contributed by atoms with van der Waals surface area (Å²) >= 11 is 0. The first kappa shape index (κ1) is 15.9. The van der Waals surface area contributed by atoms with Gasteiger partial charge >= 0.3 is 0 Å². The molecule has 0 aliphatic carbocycles. The Bertz CT molecular complexity index is 494. The van der Waals surface area contributed by atoms with Gasteiger partial charge in [0, 0.05) is 26.2 Å². The highest BCUT2D eigenvalue weighted by molar-refractivity contribution is 5.97. The summed E-state index contributed by atoms with van der Waals surface area (Å²) in [6.07, 6.45) is 2.81. The molecule has 3 rings (SSSR count). The number of carbonyl (C=O) groups excluding carboxylic acids is 2. The molecular formula is C14H20ClN3O3. The van der Waals surface area contributed by atoms with Crippen LogP contribution in [0.5, 0.6) is 0 Å². The minimum atomic E-state index is -0.510. The van der Waals surface area contributed by atoms with Gasteiger partial charge < -0.3 is 20.0 Å². The van der Waals surface area contributed by atoms with Crippen LogP contribution in [0.1, 0.15) is 17.3 Å². The highest BCUT2D eigenvalue weighted by Gasteiger charge is 2.39. The first-order valence-corrected chi connectivity index (χ1v) is 6.97. The van der Waals surface area contributed by atoms with Gasteiger partial charge in [0.25, 0.3) is 5.91 Å². The van der Waals surface area contributed by atoms with Crippen LogP contribution in [0.3, 0.4) is 0 Å². The molecule has 2 aliphatic heterocycles. The second-order valence-corrected chi connectivity index (χ2v) is 5.63. The van der Waals surface area contributed by atoms with Gasteiger partial charge in [0.05, 0.1) is 11.8 Å². The largest absolute Gasteiger partial charge is 0.472 e. The zero-order valence-corrected chi connectivity index (χ0v) is 12.7. The van der Waals surface area contributed by atoms with Gasteiger partial charge in [-0.25, -0.2) is 0 Å². The number of amides is 2. The molecule has 0 bridgehead atoms. The molecule has 3 atom stereocenters. The van der Waals surface area contributed by atoms with Gasteiger partial charge in [-0.1, -0.05) is 0 Å². The molecule has 0 radical (unpaired) electrons. The summed E-state index contributed by atoms with van der Waals surface area (Å²) in [7, 11) is 0. The number of fused-ring (bicyclic) bond motifs is 1. The Kier molecular flexibility index (Phi) is 4.90. The van der Waals surface area contributed by atoms with Gasteiger partial charge in [-0.2, -0.15) is 0 Å². The van der Waals surface area contributed by atoms with Crippen molar-refractivity contribution in [3.05, 3.63) is 24.2 Å². The summed E-state index contributed by atoms with van der Waals surface area (Å²) in [5, 5.41) is 6.06. The first-order valence-electron chi connectivity index (χ1n) is 6.97. The van der Waals surface area contributed by atoms with Crippen LogP contribution in [0.15, 0.2) is 23.0 Å². The highest BCUT2D eigenvalue weighted by Crippen LogP contribution is 2.26. The van der Waals surface area contributed by atoms with Crippen molar-refractivity contribution in [3.63, 3.8) is 0 Å². The molecule has 116 valence electrons. The predicted molar refractivity (Wildman–Crippen MR) is 79.3 cm³/mol. The number of nitrogens with zero attached hydrogens (tertiary/aromatic N) is 1. The molecule has 2 N–H and O–H groups in total. The Morgan fingerprint density at radius 1 is 1.38 bits per heavy atom. The maximum Gasteiger partial charge on any atom is 0.255 e. The Balaban J connectivity index is 0.00000161. The van der Waals surface area contributed by atoms with E-state index in [9.17, 15) is 9.59 Å². The Morgan fingerprint density at radius 2 is 2.05 bits per heavy atom. The lowest BCUT2D eigenvalue weighted by atomic mass is 10.0.